The van der Waals surface area contributed by atoms with E-state index in [4.69, 9.17) is 5.73 Å². The quantitative estimate of drug-likeness (QED) is 0.822. The summed E-state index contributed by atoms with van der Waals surface area (Å²) in [5.74, 6) is -1.85. The van der Waals surface area contributed by atoms with E-state index in [1.165, 1.54) is 0 Å². The van der Waals surface area contributed by atoms with Crippen molar-refractivity contribution in [1.29, 1.82) is 0 Å². The molecule has 1 aromatic carbocycles. The summed E-state index contributed by atoms with van der Waals surface area (Å²) in [4.78, 5) is 11.9. The van der Waals surface area contributed by atoms with Crippen LogP contribution in [0.15, 0.2) is 18.2 Å². The number of carbonyl (C=O) groups is 1. The first-order valence-electron chi connectivity index (χ1n) is 6.22. The van der Waals surface area contributed by atoms with Gasteiger partial charge in [0.05, 0.1) is 11.1 Å². The van der Waals surface area contributed by atoms with E-state index in [0.717, 1.165) is 12.8 Å². The third-order valence-corrected chi connectivity index (χ3v) is 3.42. The van der Waals surface area contributed by atoms with Crippen LogP contribution in [0.2, 0.25) is 0 Å². The van der Waals surface area contributed by atoms with Gasteiger partial charge in [0.2, 0.25) is 0 Å². The van der Waals surface area contributed by atoms with Gasteiger partial charge in [0.15, 0.2) is 0 Å². The number of hydrogen-bond acceptors (Lipinski definition) is 2. The van der Waals surface area contributed by atoms with E-state index in [-0.39, 0.29) is 12.1 Å². The highest BCUT2D eigenvalue weighted by Gasteiger charge is 2.32. The highest BCUT2D eigenvalue weighted by atomic mass is 19.4. The van der Waals surface area contributed by atoms with Crippen LogP contribution < -0.4 is 11.1 Å². The summed E-state index contributed by atoms with van der Waals surface area (Å²) in [7, 11) is 0. The topological polar surface area (TPSA) is 55.1 Å². The number of alkyl halides is 3. The molecule has 1 aromatic rings. The van der Waals surface area contributed by atoms with Crippen molar-refractivity contribution in [3.8, 4) is 0 Å². The van der Waals surface area contributed by atoms with Gasteiger partial charge in [-0.25, -0.2) is 4.39 Å². The molecule has 3 N–H and O–H groups in total. The van der Waals surface area contributed by atoms with Crippen molar-refractivity contribution in [2.45, 2.75) is 37.5 Å². The molecule has 0 heterocycles. The van der Waals surface area contributed by atoms with Crippen molar-refractivity contribution in [2.75, 3.05) is 0 Å². The van der Waals surface area contributed by atoms with Crippen LogP contribution in [0.3, 0.4) is 0 Å². The average molecular weight is 290 g/mol. The van der Waals surface area contributed by atoms with Gasteiger partial charge in [-0.2, -0.15) is 13.2 Å². The minimum Gasteiger partial charge on any atom is -0.348 e. The first kappa shape index (κ1) is 14.8. The minimum atomic E-state index is -4.62. The Labute approximate surface area is 113 Å². The smallest absolute Gasteiger partial charge is 0.348 e. The van der Waals surface area contributed by atoms with E-state index < -0.39 is 29.0 Å². The van der Waals surface area contributed by atoms with Gasteiger partial charge < -0.3 is 11.1 Å². The maximum absolute atomic E-state index is 13.5. The van der Waals surface area contributed by atoms with Crippen LogP contribution in [0, 0.1) is 5.82 Å². The Morgan fingerprint density at radius 2 is 2.00 bits per heavy atom. The molecule has 110 valence electrons. The molecule has 1 aliphatic carbocycles. The Kier molecular flexibility index (Phi) is 3.99. The second-order valence-corrected chi connectivity index (χ2v) is 4.87. The number of hydrogen-bond donors (Lipinski definition) is 2. The Bertz CT molecular complexity index is 516. The third kappa shape index (κ3) is 3.09. The molecule has 0 aromatic heterocycles. The van der Waals surface area contributed by atoms with Crippen LogP contribution in [-0.2, 0) is 6.18 Å². The molecule has 0 radical (unpaired) electrons. The number of benzene rings is 1. The molecule has 1 aliphatic rings. The first-order chi connectivity index (χ1) is 9.29. The maximum Gasteiger partial charge on any atom is 0.416 e. The molecule has 1 fully saturated rings. The van der Waals surface area contributed by atoms with Crippen LogP contribution in [0.5, 0.6) is 0 Å². The normalized spacial score (nSPS) is 22.9. The Balaban J connectivity index is 2.20. The van der Waals surface area contributed by atoms with E-state index >= 15 is 0 Å². The van der Waals surface area contributed by atoms with Gasteiger partial charge in [-0.3, -0.25) is 4.79 Å². The number of halogens is 4. The van der Waals surface area contributed by atoms with Gasteiger partial charge in [-0.1, -0.05) is 0 Å². The molecule has 7 heteroatoms. The molecule has 2 atom stereocenters. The lowest BCUT2D eigenvalue weighted by atomic mass is 10.1. The molecule has 1 saturated carbocycles. The van der Waals surface area contributed by atoms with E-state index in [1.807, 2.05) is 0 Å². The van der Waals surface area contributed by atoms with Crippen LogP contribution in [-0.4, -0.2) is 18.0 Å². The molecule has 2 rings (SSSR count). The lowest BCUT2D eigenvalue weighted by Gasteiger charge is -2.18. The summed E-state index contributed by atoms with van der Waals surface area (Å²) >= 11 is 0. The fourth-order valence-corrected chi connectivity index (χ4v) is 2.29. The lowest BCUT2D eigenvalue weighted by Crippen LogP contribution is -2.44. The van der Waals surface area contributed by atoms with Crippen molar-refractivity contribution in [3.05, 3.63) is 35.1 Å². The molecular weight excluding hydrogens is 276 g/mol. The Morgan fingerprint density at radius 3 is 2.55 bits per heavy atom. The number of rotatable bonds is 2. The van der Waals surface area contributed by atoms with E-state index in [9.17, 15) is 22.4 Å². The van der Waals surface area contributed by atoms with Crippen LogP contribution in [0.1, 0.15) is 35.2 Å². The van der Waals surface area contributed by atoms with Crippen molar-refractivity contribution >= 4 is 5.91 Å². The van der Waals surface area contributed by atoms with Gasteiger partial charge in [0.1, 0.15) is 5.82 Å². The predicted octanol–water partition coefficient (Wildman–Crippen LogP) is 2.45. The summed E-state index contributed by atoms with van der Waals surface area (Å²) in [6, 6.07) is 1.20. The van der Waals surface area contributed by atoms with Crippen LogP contribution >= 0.6 is 0 Å². The average Bonchev–Trinajstić information content (AvgIpc) is 2.74. The summed E-state index contributed by atoms with van der Waals surface area (Å²) in [5.41, 5.74) is 4.09. The molecule has 3 nitrogen and oxygen atoms in total. The number of nitrogens with one attached hydrogen (secondary N) is 1. The Morgan fingerprint density at radius 1 is 1.30 bits per heavy atom. The zero-order valence-corrected chi connectivity index (χ0v) is 10.5. The van der Waals surface area contributed by atoms with Gasteiger partial charge in [-0.05, 0) is 37.5 Å². The largest absolute Gasteiger partial charge is 0.416 e. The van der Waals surface area contributed by atoms with Crippen LogP contribution in [0.4, 0.5) is 17.6 Å². The van der Waals surface area contributed by atoms with Gasteiger partial charge in [0.25, 0.3) is 5.91 Å². The van der Waals surface area contributed by atoms with Crippen molar-refractivity contribution in [3.63, 3.8) is 0 Å². The summed E-state index contributed by atoms with van der Waals surface area (Å²) in [5, 5.41) is 2.49. The molecule has 2 unspecified atom stereocenters. The zero-order valence-electron chi connectivity index (χ0n) is 10.5. The van der Waals surface area contributed by atoms with E-state index in [2.05, 4.69) is 5.32 Å². The standard InChI is InChI=1S/C13H14F4N2O/c14-9-5-4-7(13(15,16)17)6-8(9)12(20)19-11-3-1-2-10(11)18/h4-6,10-11H,1-3,18H2,(H,19,20). The number of nitrogens with two attached hydrogens (primary N) is 1. The second-order valence-electron chi connectivity index (χ2n) is 4.87. The van der Waals surface area contributed by atoms with Gasteiger partial charge in [0, 0.05) is 12.1 Å². The highest BCUT2D eigenvalue weighted by Crippen LogP contribution is 2.30. The third-order valence-electron chi connectivity index (χ3n) is 3.42. The van der Waals surface area contributed by atoms with Crippen molar-refractivity contribution in [2.24, 2.45) is 5.73 Å². The van der Waals surface area contributed by atoms with Crippen LogP contribution in [0.25, 0.3) is 0 Å². The Hall–Kier alpha value is -1.63. The molecular formula is C13H14F4N2O. The van der Waals surface area contributed by atoms with E-state index in [1.54, 1.807) is 0 Å². The summed E-state index contributed by atoms with van der Waals surface area (Å²) in [6.45, 7) is 0. The SMILES string of the molecule is NC1CCCC1NC(=O)c1cc(C(F)(F)F)ccc1F. The molecule has 1 amide bonds. The molecule has 0 aliphatic heterocycles. The summed E-state index contributed by atoms with van der Waals surface area (Å²) in [6.07, 6.45) is -2.41. The molecule has 20 heavy (non-hydrogen) atoms. The fraction of sp³-hybridized carbons (Fsp3) is 0.462. The minimum absolute atomic E-state index is 0.243. The fourth-order valence-electron chi connectivity index (χ4n) is 2.29. The lowest BCUT2D eigenvalue weighted by molar-refractivity contribution is -0.137. The second kappa shape index (κ2) is 5.40. The van der Waals surface area contributed by atoms with Gasteiger partial charge in [-0.15, -0.1) is 0 Å². The zero-order chi connectivity index (χ0) is 14.9. The van der Waals surface area contributed by atoms with Gasteiger partial charge >= 0.3 is 6.18 Å². The first-order valence-corrected chi connectivity index (χ1v) is 6.22. The molecule has 0 saturated heterocycles. The monoisotopic (exact) mass is 290 g/mol. The van der Waals surface area contributed by atoms with E-state index in [0.29, 0.717) is 24.6 Å². The van der Waals surface area contributed by atoms with Crippen molar-refractivity contribution in [1.82, 2.24) is 5.32 Å². The number of amides is 1. The number of carbonyl (C=O) groups excluding carboxylic acids is 1. The predicted molar refractivity (Wildman–Crippen MR) is 64.5 cm³/mol. The maximum atomic E-state index is 13.5. The molecule has 0 bridgehead atoms. The summed E-state index contributed by atoms with van der Waals surface area (Å²) < 4.78 is 51.2. The highest BCUT2D eigenvalue weighted by molar-refractivity contribution is 5.95. The van der Waals surface area contributed by atoms with Crippen molar-refractivity contribution < 1.29 is 22.4 Å². The molecule has 0 spiro atoms.